The van der Waals surface area contributed by atoms with Crippen molar-refractivity contribution in [2.24, 2.45) is 0 Å². The molecule has 1 aromatic heterocycles. The third-order valence-electron chi connectivity index (χ3n) is 2.73. The van der Waals surface area contributed by atoms with E-state index in [0.29, 0.717) is 18.9 Å². The Morgan fingerprint density at radius 3 is 2.76 bits per heavy atom. The summed E-state index contributed by atoms with van der Waals surface area (Å²) in [5.41, 5.74) is 1.25. The highest BCUT2D eigenvalue weighted by atomic mass is 35.5. The summed E-state index contributed by atoms with van der Waals surface area (Å²) < 4.78 is 32.6. The third-order valence-corrected chi connectivity index (χ3v) is 4.30. The molecule has 0 atom stereocenters. The predicted molar refractivity (Wildman–Crippen MR) is 81.8 cm³/mol. The molecule has 1 N–H and O–H groups in total. The molecule has 0 saturated carbocycles. The largest absolute Gasteiger partial charge is 0.377 e. The first kappa shape index (κ1) is 15.8. The molecule has 0 amide bonds. The van der Waals surface area contributed by atoms with Crippen molar-refractivity contribution < 1.29 is 13.2 Å². The van der Waals surface area contributed by atoms with Crippen LogP contribution in [0.2, 0.25) is 5.15 Å². The van der Waals surface area contributed by atoms with Gasteiger partial charge in [0, 0.05) is 18.4 Å². The second-order valence-corrected chi connectivity index (χ2v) is 6.28. The lowest BCUT2D eigenvalue weighted by Crippen LogP contribution is -2.14. The second-order valence-electron chi connectivity index (χ2n) is 4.21. The minimum atomic E-state index is -3.71. The molecular weight excluding hydrogens is 312 g/mol. The summed E-state index contributed by atoms with van der Waals surface area (Å²) in [7, 11) is -3.71. The van der Waals surface area contributed by atoms with Crippen LogP contribution in [0.3, 0.4) is 0 Å². The minimum Gasteiger partial charge on any atom is -0.377 e. The van der Waals surface area contributed by atoms with Gasteiger partial charge in [-0.3, -0.25) is 4.72 Å². The molecule has 2 aromatic rings. The molecular formula is C14H15ClN2O3S. The Bertz CT molecular complexity index is 720. The number of hydrogen-bond acceptors (Lipinski definition) is 4. The zero-order chi connectivity index (χ0) is 15.3. The Balaban J connectivity index is 2.29. The number of ether oxygens (including phenoxy) is 1. The number of benzene rings is 1. The Morgan fingerprint density at radius 1 is 1.29 bits per heavy atom. The normalized spacial score (nSPS) is 11.3. The zero-order valence-corrected chi connectivity index (χ0v) is 13.0. The molecule has 21 heavy (non-hydrogen) atoms. The molecule has 0 fully saturated rings. The summed E-state index contributed by atoms with van der Waals surface area (Å²) in [6, 6.07) is 9.78. The number of pyridine rings is 1. The first-order chi connectivity index (χ1) is 10.0. The lowest BCUT2D eigenvalue weighted by Gasteiger charge is -2.12. The summed E-state index contributed by atoms with van der Waals surface area (Å²) in [4.78, 5) is 3.84. The number of anilines is 1. The average molecular weight is 327 g/mol. The quantitative estimate of drug-likeness (QED) is 0.828. The Labute approximate surface area is 129 Å². The predicted octanol–water partition coefficient (Wildman–Crippen LogP) is 3.07. The number of hydrogen-bond donors (Lipinski definition) is 1. The maximum Gasteiger partial charge on any atom is 0.262 e. The van der Waals surface area contributed by atoms with Crippen molar-refractivity contribution in [2.75, 3.05) is 11.3 Å². The van der Waals surface area contributed by atoms with Gasteiger partial charge in [0.1, 0.15) is 5.15 Å². The van der Waals surface area contributed by atoms with Gasteiger partial charge in [-0.1, -0.05) is 29.8 Å². The molecule has 0 aliphatic heterocycles. The van der Waals surface area contributed by atoms with Crippen molar-refractivity contribution in [3.8, 4) is 0 Å². The molecule has 1 heterocycles. The topological polar surface area (TPSA) is 68.3 Å². The van der Waals surface area contributed by atoms with Gasteiger partial charge in [-0.25, -0.2) is 13.4 Å². The van der Waals surface area contributed by atoms with E-state index >= 15 is 0 Å². The molecule has 2 rings (SSSR count). The van der Waals surface area contributed by atoms with Crippen molar-refractivity contribution in [1.29, 1.82) is 0 Å². The van der Waals surface area contributed by atoms with Crippen molar-refractivity contribution in [1.82, 2.24) is 4.98 Å². The lowest BCUT2D eigenvalue weighted by atomic mass is 10.2. The molecule has 7 heteroatoms. The number of nitrogens with one attached hydrogen (secondary N) is 1. The average Bonchev–Trinajstić information content (AvgIpc) is 2.46. The van der Waals surface area contributed by atoms with Gasteiger partial charge in [0.25, 0.3) is 10.0 Å². The van der Waals surface area contributed by atoms with Crippen LogP contribution in [0.4, 0.5) is 5.69 Å². The van der Waals surface area contributed by atoms with Crippen LogP contribution in [0.5, 0.6) is 0 Å². The summed E-state index contributed by atoms with van der Waals surface area (Å²) in [6.07, 6.45) is 1.35. The number of nitrogens with zero attached hydrogens (tertiary/aromatic N) is 1. The molecule has 5 nitrogen and oxygen atoms in total. The van der Waals surface area contributed by atoms with Crippen LogP contribution >= 0.6 is 11.6 Å². The van der Waals surface area contributed by atoms with E-state index in [4.69, 9.17) is 16.3 Å². The fourth-order valence-corrected chi connectivity index (χ4v) is 3.07. The van der Waals surface area contributed by atoms with E-state index < -0.39 is 10.0 Å². The van der Waals surface area contributed by atoms with Crippen LogP contribution in [0.25, 0.3) is 0 Å². The first-order valence-electron chi connectivity index (χ1n) is 6.33. The maximum absolute atomic E-state index is 12.3. The summed E-state index contributed by atoms with van der Waals surface area (Å²) in [6.45, 7) is 2.78. The monoisotopic (exact) mass is 326 g/mol. The van der Waals surface area contributed by atoms with E-state index in [9.17, 15) is 8.42 Å². The van der Waals surface area contributed by atoms with Gasteiger partial charge in [0.05, 0.1) is 17.2 Å². The Kier molecular flexibility index (Phi) is 5.17. The van der Waals surface area contributed by atoms with Crippen LogP contribution < -0.4 is 4.72 Å². The highest BCUT2D eigenvalue weighted by Gasteiger charge is 2.16. The lowest BCUT2D eigenvalue weighted by molar-refractivity contribution is 0.134. The minimum absolute atomic E-state index is 0.0636. The van der Waals surface area contributed by atoms with E-state index in [1.165, 1.54) is 18.3 Å². The Hall–Kier alpha value is -1.63. The van der Waals surface area contributed by atoms with Crippen molar-refractivity contribution >= 4 is 27.3 Å². The molecule has 0 aliphatic rings. The Morgan fingerprint density at radius 2 is 2.05 bits per heavy atom. The van der Waals surface area contributed by atoms with Crippen LogP contribution in [0, 0.1) is 0 Å². The smallest absolute Gasteiger partial charge is 0.262 e. The number of rotatable bonds is 6. The van der Waals surface area contributed by atoms with E-state index in [-0.39, 0.29) is 10.0 Å². The number of sulfonamides is 1. The van der Waals surface area contributed by atoms with Gasteiger partial charge in [-0.05, 0) is 25.1 Å². The fraction of sp³-hybridized carbons (Fsp3) is 0.214. The van der Waals surface area contributed by atoms with Gasteiger partial charge in [0.2, 0.25) is 0 Å². The molecule has 0 spiro atoms. The van der Waals surface area contributed by atoms with Gasteiger partial charge in [-0.15, -0.1) is 0 Å². The van der Waals surface area contributed by atoms with Crippen LogP contribution in [-0.2, 0) is 21.4 Å². The first-order valence-corrected chi connectivity index (χ1v) is 8.19. The molecule has 1 aromatic carbocycles. The number of para-hydroxylation sites is 1. The van der Waals surface area contributed by atoms with Crippen LogP contribution in [0.15, 0.2) is 47.5 Å². The van der Waals surface area contributed by atoms with Crippen molar-refractivity contribution in [3.63, 3.8) is 0 Å². The molecule has 0 unspecified atom stereocenters. The van der Waals surface area contributed by atoms with E-state index in [0.717, 1.165) is 5.56 Å². The summed E-state index contributed by atoms with van der Waals surface area (Å²) in [5, 5.41) is 0.125. The standard InChI is InChI=1S/C14H15ClN2O3S/c1-2-20-10-11-5-3-4-6-13(11)17-21(18,19)12-7-8-16-14(15)9-12/h3-9,17H,2,10H2,1H3. The van der Waals surface area contributed by atoms with Gasteiger partial charge >= 0.3 is 0 Å². The number of aromatic nitrogens is 1. The molecule has 0 radical (unpaired) electrons. The van der Waals surface area contributed by atoms with Gasteiger partial charge in [-0.2, -0.15) is 0 Å². The number of halogens is 1. The molecule has 0 saturated heterocycles. The highest BCUT2D eigenvalue weighted by Crippen LogP contribution is 2.21. The third kappa shape index (κ3) is 4.17. The SMILES string of the molecule is CCOCc1ccccc1NS(=O)(=O)c1ccnc(Cl)c1. The van der Waals surface area contributed by atoms with Crippen molar-refractivity contribution in [3.05, 3.63) is 53.3 Å². The van der Waals surface area contributed by atoms with Gasteiger partial charge in [0.15, 0.2) is 0 Å². The molecule has 112 valence electrons. The van der Waals surface area contributed by atoms with E-state index in [2.05, 4.69) is 9.71 Å². The summed E-state index contributed by atoms with van der Waals surface area (Å²) in [5.74, 6) is 0. The van der Waals surface area contributed by atoms with Crippen LogP contribution in [0.1, 0.15) is 12.5 Å². The fourth-order valence-electron chi connectivity index (χ4n) is 1.71. The molecule has 0 aliphatic carbocycles. The highest BCUT2D eigenvalue weighted by molar-refractivity contribution is 7.92. The maximum atomic E-state index is 12.3. The second kappa shape index (κ2) is 6.89. The van der Waals surface area contributed by atoms with Crippen molar-refractivity contribution in [2.45, 2.75) is 18.4 Å². The van der Waals surface area contributed by atoms with E-state index in [1.807, 2.05) is 19.1 Å². The van der Waals surface area contributed by atoms with E-state index in [1.54, 1.807) is 12.1 Å². The van der Waals surface area contributed by atoms with Crippen LogP contribution in [-0.4, -0.2) is 20.0 Å². The summed E-state index contributed by atoms with van der Waals surface area (Å²) >= 11 is 5.73. The zero-order valence-electron chi connectivity index (χ0n) is 11.4. The molecule has 0 bridgehead atoms. The van der Waals surface area contributed by atoms with Gasteiger partial charge < -0.3 is 4.74 Å².